The van der Waals surface area contributed by atoms with Crippen LogP contribution in [0.15, 0.2) is 22.7 Å². The molecule has 0 aliphatic rings. The molecular weight excluding hydrogens is 328 g/mol. The molecular formula is C13H15BrN2O4. The van der Waals surface area contributed by atoms with Gasteiger partial charge in [0.1, 0.15) is 6.04 Å². The van der Waals surface area contributed by atoms with Crippen molar-refractivity contribution in [2.75, 3.05) is 0 Å². The minimum Gasteiger partial charge on any atom is -0.478 e. The molecule has 0 fully saturated rings. The lowest BCUT2D eigenvalue weighted by Crippen LogP contribution is -2.47. The zero-order chi connectivity index (χ0) is 15.4. The number of primary amides is 1. The standard InChI is InChI=1S/C13H15BrN2O4/c1-6(2)10(11(15)17)16-12(18)7-3-8(13(19)20)5-9(14)4-7/h3-6,10H,1-2H3,(H2,15,17)(H,16,18)(H,19,20). The van der Waals surface area contributed by atoms with Crippen LogP contribution in [0.3, 0.4) is 0 Å². The number of carboxylic acids is 1. The van der Waals surface area contributed by atoms with Crippen molar-refractivity contribution in [3.8, 4) is 0 Å². The van der Waals surface area contributed by atoms with Crippen LogP contribution in [0.2, 0.25) is 0 Å². The van der Waals surface area contributed by atoms with E-state index in [9.17, 15) is 14.4 Å². The molecule has 0 aliphatic heterocycles. The molecule has 108 valence electrons. The average Bonchev–Trinajstić information content (AvgIpc) is 2.33. The zero-order valence-corrected chi connectivity index (χ0v) is 12.6. The molecule has 7 heteroatoms. The summed E-state index contributed by atoms with van der Waals surface area (Å²) >= 11 is 3.14. The Morgan fingerprint density at radius 1 is 1.20 bits per heavy atom. The lowest BCUT2D eigenvalue weighted by molar-refractivity contribution is -0.120. The number of rotatable bonds is 5. The van der Waals surface area contributed by atoms with Crippen LogP contribution in [-0.2, 0) is 4.79 Å². The Morgan fingerprint density at radius 3 is 2.20 bits per heavy atom. The molecule has 1 atom stereocenters. The van der Waals surface area contributed by atoms with Crippen LogP contribution < -0.4 is 11.1 Å². The van der Waals surface area contributed by atoms with Gasteiger partial charge in [-0.2, -0.15) is 0 Å². The minimum absolute atomic E-state index is 0.0234. The number of nitrogens with two attached hydrogens (primary N) is 1. The van der Waals surface area contributed by atoms with Gasteiger partial charge >= 0.3 is 5.97 Å². The highest BCUT2D eigenvalue weighted by atomic mass is 79.9. The van der Waals surface area contributed by atoms with E-state index >= 15 is 0 Å². The van der Waals surface area contributed by atoms with Crippen LogP contribution in [0.5, 0.6) is 0 Å². The van der Waals surface area contributed by atoms with Gasteiger partial charge in [0, 0.05) is 10.0 Å². The number of carbonyl (C=O) groups excluding carboxylic acids is 2. The number of aromatic carboxylic acids is 1. The normalized spacial score (nSPS) is 12.0. The largest absolute Gasteiger partial charge is 0.478 e. The van der Waals surface area contributed by atoms with Gasteiger partial charge in [0.2, 0.25) is 5.91 Å². The van der Waals surface area contributed by atoms with Crippen LogP contribution >= 0.6 is 15.9 Å². The first-order valence-corrected chi connectivity index (χ1v) is 6.65. The van der Waals surface area contributed by atoms with E-state index in [1.165, 1.54) is 18.2 Å². The maximum absolute atomic E-state index is 12.1. The van der Waals surface area contributed by atoms with Crippen LogP contribution in [0.25, 0.3) is 0 Å². The highest BCUT2D eigenvalue weighted by molar-refractivity contribution is 9.10. The molecule has 1 aromatic rings. The predicted molar refractivity (Wildman–Crippen MR) is 76.4 cm³/mol. The van der Waals surface area contributed by atoms with Crippen molar-refractivity contribution in [1.82, 2.24) is 5.32 Å². The summed E-state index contributed by atoms with van der Waals surface area (Å²) in [5.74, 6) is -2.49. The smallest absolute Gasteiger partial charge is 0.335 e. The molecule has 4 N–H and O–H groups in total. The summed E-state index contributed by atoms with van der Waals surface area (Å²) in [4.78, 5) is 34.3. The van der Waals surface area contributed by atoms with Gasteiger partial charge in [-0.1, -0.05) is 29.8 Å². The Kier molecular flexibility index (Phi) is 5.26. The third kappa shape index (κ3) is 4.06. The van der Waals surface area contributed by atoms with Gasteiger partial charge in [-0.3, -0.25) is 9.59 Å². The van der Waals surface area contributed by atoms with Gasteiger partial charge in [-0.05, 0) is 24.1 Å². The fraction of sp³-hybridized carbons (Fsp3) is 0.308. The number of carboxylic acid groups (broad SMARTS) is 1. The second kappa shape index (κ2) is 6.51. The van der Waals surface area contributed by atoms with Crippen LogP contribution in [-0.4, -0.2) is 28.9 Å². The van der Waals surface area contributed by atoms with E-state index in [1.807, 2.05) is 0 Å². The topological polar surface area (TPSA) is 109 Å². The maximum atomic E-state index is 12.1. The molecule has 0 spiro atoms. The SMILES string of the molecule is CC(C)C(NC(=O)c1cc(Br)cc(C(=O)O)c1)C(N)=O. The Balaban J connectivity index is 3.03. The molecule has 0 aliphatic carbocycles. The Hall–Kier alpha value is -1.89. The lowest BCUT2D eigenvalue weighted by atomic mass is 10.0. The summed E-state index contributed by atoms with van der Waals surface area (Å²) in [7, 11) is 0. The Morgan fingerprint density at radius 2 is 1.75 bits per heavy atom. The van der Waals surface area contributed by atoms with Crippen molar-refractivity contribution in [2.24, 2.45) is 11.7 Å². The van der Waals surface area contributed by atoms with Crippen LogP contribution in [0.1, 0.15) is 34.6 Å². The summed E-state index contributed by atoms with van der Waals surface area (Å²) in [5, 5.41) is 11.4. The fourth-order valence-corrected chi connectivity index (χ4v) is 2.13. The molecule has 0 radical (unpaired) electrons. The Bertz CT molecular complexity index is 557. The van der Waals surface area contributed by atoms with Crippen LogP contribution in [0, 0.1) is 5.92 Å². The van der Waals surface area contributed by atoms with E-state index in [4.69, 9.17) is 10.8 Å². The summed E-state index contributed by atoms with van der Waals surface area (Å²) in [6, 6.07) is 3.28. The van der Waals surface area contributed by atoms with Gasteiger partial charge < -0.3 is 16.2 Å². The number of halogens is 1. The average molecular weight is 343 g/mol. The molecule has 2 amide bonds. The number of hydrogen-bond acceptors (Lipinski definition) is 3. The zero-order valence-electron chi connectivity index (χ0n) is 11.0. The van der Waals surface area contributed by atoms with Crippen molar-refractivity contribution in [1.29, 1.82) is 0 Å². The molecule has 0 bridgehead atoms. The van der Waals surface area contributed by atoms with Gasteiger partial charge in [-0.25, -0.2) is 4.79 Å². The molecule has 1 rings (SSSR count). The Labute approximate surface area is 124 Å². The highest BCUT2D eigenvalue weighted by Crippen LogP contribution is 2.16. The number of amides is 2. The van der Waals surface area contributed by atoms with Crippen molar-refractivity contribution >= 4 is 33.7 Å². The molecule has 1 aromatic carbocycles. The minimum atomic E-state index is -1.14. The second-order valence-corrected chi connectivity index (χ2v) is 5.55. The van der Waals surface area contributed by atoms with Crippen molar-refractivity contribution in [3.05, 3.63) is 33.8 Å². The first-order chi connectivity index (χ1) is 9.22. The quantitative estimate of drug-likeness (QED) is 0.750. The van der Waals surface area contributed by atoms with Crippen LogP contribution in [0.4, 0.5) is 0 Å². The van der Waals surface area contributed by atoms with Gasteiger partial charge in [0.15, 0.2) is 0 Å². The summed E-state index contributed by atoms with van der Waals surface area (Å²) in [6.07, 6.45) is 0. The first kappa shape index (κ1) is 16.2. The summed E-state index contributed by atoms with van der Waals surface area (Å²) in [6.45, 7) is 3.50. The monoisotopic (exact) mass is 342 g/mol. The summed E-state index contributed by atoms with van der Waals surface area (Å²) in [5.41, 5.74) is 5.33. The third-order valence-corrected chi connectivity index (χ3v) is 3.12. The van der Waals surface area contributed by atoms with E-state index < -0.39 is 23.8 Å². The molecule has 0 aromatic heterocycles. The second-order valence-electron chi connectivity index (χ2n) is 4.63. The first-order valence-electron chi connectivity index (χ1n) is 5.86. The lowest BCUT2D eigenvalue weighted by Gasteiger charge is -2.19. The molecule has 0 saturated heterocycles. The van der Waals surface area contributed by atoms with Crippen molar-refractivity contribution in [3.63, 3.8) is 0 Å². The molecule has 0 heterocycles. The fourth-order valence-electron chi connectivity index (χ4n) is 1.64. The molecule has 20 heavy (non-hydrogen) atoms. The number of nitrogens with one attached hydrogen (secondary N) is 1. The highest BCUT2D eigenvalue weighted by Gasteiger charge is 2.22. The summed E-state index contributed by atoms with van der Waals surface area (Å²) < 4.78 is 0.461. The molecule has 1 unspecified atom stereocenters. The maximum Gasteiger partial charge on any atom is 0.335 e. The number of carbonyl (C=O) groups is 3. The van der Waals surface area contributed by atoms with E-state index in [1.54, 1.807) is 13.8 Å². The third-order valence-electron chi connectivity index (χ3n) is 2.67. The van der Waals surface area contributed by atoms with Gasteiger partial charge in [-0.15, -0.1) is 0 Å². The molecule has 6 nitrogen and oxygen atoms in total. The predicted octanol–water partition coefficient (Wildman–Crippen LogP) is 1.39. The van der Waals surface area contributed by atoms with Gasteiger partial charge in [0.25, 0.3) is 5.91 Å². The molecule has 0 saturated carbocycles. The van der Waals surface area contributed by atoms with Crippen molar-refractivity contribution in [2.45, 2.75) is 19.9 Å². The number of hydrogen-bond donors (Lipinski definition) is 3. The number of benzene rings is 1. The van der Waals surface area contributed by atoms with E-state index in [-0.39, 0.29) is 17.0 Å². The van der Waals surface area contributed by atoms with E-state index in [2.05, 4.69) is 21.2 Å². The van der Waals surface area contributed by atoms with E-state index in [0.717, 1.165) is 0 Å². The van der Waals surface area contributed by atoms with Gasteiger partial charge in [0.05, 0.1) is 5.56 Å². The van der Waals surface area contributed by atoms with E-state index in [0.29, 0.717) is 4.47 Å². The van der Waals surface area contributed by atoms with Crippen molar-refractivity contribution < 1.29 is 19.5 Å².